The number of anilines is 2. The Balaban J connectivity index is 1.65. The second kappa shape index (κ2) is 10.1. The van der Waals surface area contributed by atoms with E-state index in [9.17, 15) is 20.0 Å². The van der Waals surface area contributed by atoms with Crippen LogP contribution in [-0.4, -0.2) is 34.5 Å². The van der Waals surface area contributed by atoms with E-state index in [-0.39, 0.29) is 35.0 Å². The number of thiophene rings is 1. The molecule has 4 aromatic rings. The molecule has 1 saturated heterocycles. The molecule has 4 N–H and O–H groups in total. The number of phenols is 1. The van der Waals surface area contributed by atoms with Crippen molar-refractivity contribution in [3.63, 3.8) is 0 Å². The van der Waals surface area contributed by atoms with Crippen molar-refractivity contribution in [3.8, 4) is 34.2 Å². The van der Waals surface area contributed by atoms with Crippen LogP contribution in [-0.2, 0) is 4.79 Å². The van der Waals surface area contributed by atoms with Crippen molar-refractivity contribution in [3.05, 3.63) is 82.6 Å². The number of pyridine rings is 1. The Bertz CT molecular complexity index is 1530. The number of carbonyl (C=O) groups excluding carboxylic acids is 2. The number of aromatic nitrogens is 1. The van der Waals surface area contributed by atoms with Gasteiger partial charge in [0.15, 0.2) is 5.82 Å². The van der Waals surface area contributed by atoms with Crippen LogP contribution in [0.3, 0.4) is 0 Å². The summed E-state index contributed by atoms with van der Waals surface area (Å²) in [6, 6.07) is 21.3. The van der Waals surface area contributed by atoms with Gasteiger partial charge >= 0.3 is 0 Å². The lowest BCUT2D eigenvalue weighted by molar-refractivity contribution is -0.119. The number of amides is 2. The number of hydrogen-bond acceptors (Lipinski definition) is 7. The molecule has 1 aliphatic rings. The van der Waals surface area contributed by atoms with Crippen LogP contribution in [0.25, 0.3) is 22.4 Å². The number of rotatable bonds is 6. The van der Waals surface area contributed by atoms with E-state index in [0.29, 0.717) is 40.2 Å². The normalized spacial score (nSPS) is 14.8. The van der Waals surface area contributed by atoms with E-state index in [0.717, 1.165) is 12.1 Å². The summed E-state index contributed by atoms with van der Waals surface area (Å²) in [6.45, 7) is 0.698. The molecule has 0 bridgehead atoms. The molecule has 0 spiro atoms. The van der Waals surface area contributed by atoms with Crippen LogP contribution < -0.4 is 16.0 Å². The maximum Gasteiger partial charge on any atom is 0.266 e. The van der Waals surface area contributed by atoms with Crippen molar-refractivity contribution in [2.75, 3.05) is 16.8 Å². The average Bonchev–Trinajstić information content (AvgIpc) is 3.62. The van der Waals surface area contributed by atoms with Gasteiger partial charge in [-0.2, -0.15) is 5.26 Å². The van der Waals surface area contributed by atoms with E-state index in [1.54, 1.807) is 47.8 Å². The number of para-hydroxylation sites is 1. The lowest BCUT2D eigenvalue weighted by Crippen LogP contribution is -2.40. The molecule has 0 aliphatic carbocycles. The fraction of sp³-hybridized carbons (Fsp3) is 0.143. The Morgan fingerprint density at radius 2 is 1.95 bits per heavy atom. The van der Waals surface area contributed by atoms with Gasteiger partial charge in [0.2, 0.25) is 5.91 Å². The Morgan fingerprint density at radius 3 is 2.68 bits per heavy atom. The van der Waals surface area contributed by atoms with Gasteiger partial charge in [-0.3, -0.25) is 9.59 Å². The monoisotopic (exact) mass is 509 g/mol. The minimum atomic E-state index is -0.388. The Morgan fingerprint density at radius 1 is 1.11 bits per heavy atom. The van der Waals surface area contributed by atoms with E-state index in [2.05, 4.69) is 16.4 Å². The number of aromatic hydroxyl groups is 1. The zero-order valence-electron chi connectivity index (χ0n) is 19.7. The molecule has 5 rings (SSSR count). The van der Waals surface area contributed by atoms with Gasteiger partial charge in [-0.05, 0) is 60.2 Å². The Kier molecular flexibility index (Phi) is 6.58. The Hall–Kier alpha value is -4.68. The molecule has 0 unspecified atom stereocenters. The molecule has 0 radical (unpaired) electrons. The smallest absolute Gasteiger partial charge is 0.266 e. The van der Waals surface area contributed by atoms with Crippen LogP contribution in [0.5, 0.6) is 5.75 Å². The molecule has 1 atom stereocenters. The van der Waals surface area contributed by atoms with E-state index >= 15 is 0 Å². The Labute approximate surface area is 217 Å². The molecular weight excluding hydrogens is 486 g/mol. The molecule has 184 valence electrons. The molecule has 2 amide bonds. The first kappa shape index (κ1) is 24.0. The second-order valence-corrected chi connectivity index (χ2v) is 9.59. The standard InChI is InChI=1S/C28H23N5O3S/c29-16-21-20(17-6-3-7-18(14-17)33-12-4-9-23(33)26(30)35)15-22(19-8-1-2-10-24(19)34)31-27(21)32-28(36)25-11-5-13-37-25/h1-3,5-8,10-11,13-15,23,34H,4,9,12H2,(H2,30,35)(H,31,32,36)/t23-/m1/s1. The number of nitrogens with two attached hydrogens (primary N) is 1. The maximum atomic E-state index is 12.9. The van der Waals surface area contributed by atoms with Gasteiger partial charge in [0.25, 0.3) is 5.91 Å². The lowest BCUT2D eigenvalue weighted by atomic mass is 9.97. The first-order valence-electron chi connectivity index (χ1n) is 11.7. The molecule has 0 saturated carbocycles. The summed E-state index contributed by atoms with van der Waals surface area (Å²) in [4.78, 5) is 31.9. The van der Waals surface area contributed by atoms with E-state index in [1.807, 2.05) is 29.2 Å². The number of carbonyl (C=O) groups is 2. The molecule has 1 fully saturated rings. The van der Waals surface area contributed by atoms with Crippen molar-refractivity contribution < 1.29 is 14.7 Å². The third kappa shape index (κ3) is 4.75. The second-order valence-electron chi connectivity index (χ2n) is 8.64. The third-order valence-corrected chi connectivity index (χ3v) is 7.23. The number of phenolic OH excluding ortho intramolecular Hbond substituents is 1. The SMILES string of the molecule is N#Cc1c(-c2cccc(N3CCC[C@@H]3C(N)=O)c2)cc(-c2ccccc2O)nc1NC(=O)c1cccs1. The molecule has 37 heavy (non-hydrogen) atoms. The lowest BCUT2D eigenvalue weighted by Gasteiger charge is -2.25. The van der Waals surface area contributed by atoms with Crippen LogP contribution in [0.1, 0.15) is 28.1 Å². The summed E-state index contributed by atoms with van der Waals surface area (Å²) >= 11 is 1.28. The number of nitrogens with zero attached hydrogens (tertiary/aromatic N) is 3. The van der Waals surface area contributed by atoms with Crippen LogP contribution in [0.15, 0.2) is 72.1 Å². The van der Waals surface area contributed by atoms with Gasteiger partial charge in [0, 0.05) is 23.4 Å². The van der Waals surface area contributed by atoms with Crippen LogP contribution in [0.2, 0.25) is 0 Å². The zero-order valence-corrected chi connectivity index (χ0v) is 20.5. The molecular formula is C28H23N5O3S. The maximum absolute atomic E-state index is 12.9. The van der Waals surface area contributed by atoms with Gasteiger partial charge in [-0.1, -0.05) is 30.3 Å². The first-order valence-corrected chi connectivity index (χ1v) is 12.6. The number of primary amides is 1. The van der Waals surface area contributed by atoms with Gasteiger partial charge in [0.05, 0.1) is 10.6 Å². The van der Waals surface area contributed by atoms with Crippen molar-refractivity contribution >= 4 is 34.7 Å². The van der Waals surface area contributed by atoms with Crippen molar-refractivity contribution in [2.24, 2.45) is 5.73 Å². The van der Waals surface area contributed by atoms with E-state index in [4.69, 9.17) is 5.73 Å². The van der Waals surface area contributed by atoms with Crippen molar-refractivity contribution in [1.29, 1.82) is 5.26 Å². The van der Waals surface area contributed by atoms with Gasteiger partial charge in [0.1, 0.15) is 23.4 Å². The fourth-order valence-corrected chi connectivity index (χ4v) is 5.22. The summed E-state index contributed by atoms with van der Waals surface area (Å²) in [5.74, 6) is -0.631. The zero-order chi connectivity index (χ0) is 25.9. The minimum Gasteiger partial charge on any atom is -0.507 e. The fourth-order valence-electron chi connectivity index (χ4n) is 4.61. The highest BCUT2D eigenvalue weighted by molar-refractivity contribution is 7.12. The molecule has 3 heterocycles. The number of nitrogens with one attached hydrogen (secondary N) is 1. The summed E-state index contributed by atoms with van der Waals surface area (Å²) in [7, 11) is 0. The average molecular weight is 510 g/mol. The number of hydrogen-bond donors (Lipinski definition) is 3. The highest BCUT2D eigenvalue weighted by Crippen LogP contribution is 2.37. The van der Waals surface area contributed by atoms with Crippen LogP contribution in [0.4, 0.5) is 11.5 Å². The van der Waals surface area contributed by atoms with Crippen LogP contribution in [0, 0.1) is 11.3 Å². The quantitative estimate of drug-likeness (QED) is 0.343. The number of benzene rings is 2. The molecule has 2 aromatic heterocycles. The van der Waals surface area contributed by atoms with E-state index in [1.165, 1.54) is 11.3 Å². The van der Waals surface area contributed by atoms with Gasteiger partial charge in [-0.15, -0.1) is 11.3 Å². The topological polar surface area (TPSA) is 132 Å². The molecule has 8 nitrogen and oxygen atoms in total. The van der Waals surface area contributed by atoms with Crippen molar-refractivity contribution in [1.82, 2.24) is 4.98 Å². The predicted molar refractivity (Wildman–Crippen MR) is 143 cm³/mol. The summed E-state index contributed by atoms with van der Waals surface area (Å²) in [5.41, 5.74) is 8.73. The summed E-state index contributed by atoms with van der Waals surface area (Å²) < 4.78 is 0. The van der Waals surface area contributed by atoms with Crippen molar-refractivity contribution in [2.45, 2.75) is 18.9 Å². The summed E-state index contributed by atoms with van der Waals surface area (Å²) in [5, 5.41) is 25.2. The van der Waals surface area contributed by atoms with E-state index < -0.39 is 0 Å². The first-order chi connectivity index (χ1) is 18.0. The summed E-state index contributed by atoms with van der Waals surface area (Å²) in [6.07, 6.45) is 1.54. The molecule has 2 aromatic carbocycles. The van der Waals surface area contributed by atoms with Gasteiger partial charge in [-0.25, -0.2) is 4.98 Å². The third-order valence-electron chi connectivity index (χ3n) is 6.36. The highest BCUT2D eigenvalue weighted by Gasteiger charge is 2.29. The molecule has 1 aliphatic heterocycles. The minimum absolute atomic E-state index is 0.0244. The largest absolute Gasteiger partial charge is 0.507 e. The molecule has 9 heteroatoms. The van der Waals surface area contributed by atoms with Crippen LogP contribution >= 0.6 is 11.3 Å². The highest BCUT2D eigenvalue weighted by atomic mass is 32.1. The van der Waals surface area contributed by atoms with Gasteiger partial charge < -0.3 is 21.1 Å². The predicted octanol–water partition coefficient (Wildman–Crippen LogP) is 4.76. The number of nitriles is 1.